The number of hydrogen-bond acceptors (Lipinski definition) is 2. The van der Waals surface area contributed by atoms with Crippen LogP contribution < -0.4 is 0 Å². The van der Waals surface area contributed by atoms with Crippen LogP contribution in [-0.2, 0) is 6.42 Å². The molecule has 0 saturated heterocycles. The van der Waals surface area contributed by atoms with Crippen LogP contribution in [0.5, 0.6) is 0 Å². The average Bonchev–Trinajstić information content (AvgIpc) is 2.73. The maximum absolute atomic E-state index is 12.6. The lowest BCUT2D eigenvalue weighted by Gasteiger charge is -2.14. The summed E-state index contributed by atoms with van der Waals surface area (Å²) >= 11 is 0. The van der Waals surface area contributed by atoms with Crippen LogP contribution >= 0.6 is 0 Å². The maximum atomic E-state index is 12.6. The monoisotopic (exact) mass is 240 g/mol. The standard InChI is InChI=1S/C15H16N2O/c1-11-9-17(10-16-11)14-8-4-6-12-5-2-3-7-13(12)15(14)18/h2-3,5,7,9-10,14H,4,6,8H2,1H3. The van der Waals surface area contributed by atoms with Crippen LogP contribution in [0.4, 0.5) is 0 Å². The van der Waals surface area contributed by atoms with Crippen molar-refractivity contribution in [2.45, 2.75) is 32.2 Å². The number of nitrogens with zero attached hydrogens (tertiary/aromatic N) is 2. The summed E-state index contributed by atoms with van der Waals surface area (Å²) in [5, 5.41) is 0. The van der Waals surface area contributed by atoms with Gasteiger partial charge in [0.25, 0.3) is 0 Å². The fourth-order valence-electron chi connectivity index (χ4n) is 2.67. The SMILES string of the molecule is Cc1cn(C2CCCc3ccccc3C2=O)cn1. The third-order valence-electron chi connectivity index (χ3n) is 3.60. The molecule has 1 unspecified atom stereocenters. The lowest BCUT2D eigenvalue weighted by atomic mass is 10.0. The fraction of sp³-hybridized carbons (Fsp3) is 0.333. The quantitative estimate of drug-likeness (QED) is 0.718. The summed E-state index contributed by atoms with van der Waals surface area (Å²) in [4.78, 5) is 16.8. The molecule has 0 saturated carbocycles. The van der Waals surface area contributed by atoms with Crippen LogP contribution in [0, 0.1) is 6.92 Å². The van der Waals surface area contributed by atoms with E-state index in [0.29, 0.717) is 0 Å². The average molecular weight is 240 g/mol. The Bertz CT molecular complexity index is 586. The lowest BCUT2D eigenvalue weighted by Crippen LogP contribution is -2.17. The van der Waals surface area contributed by atoms with Gasteiger partial charge in [-0.25, -0.2) is 4.98 Å². The van der Waals surface area contributed by atoms with E-state index in [1.54, 1.807) is 6.33 Å². The van der Waals surface area contributed by atoms with Gasteiger partial charge in [0.2, 0.25) is 0 Å². The van der Waals surface area contributed by atoms with Gasteiger partial charge in [-0.1, -0.05) is 24.3 Å². The predicted molar refractivity (Wildman–Crippen MR) is 69.7 cm³/mol. The van der Waals surface area contributed by atoms with Crippen molar-refractivity contribution in [3.8, 4) is 0 Å². The highest BCUT2D eigenvalue weighted by molar-refractivity contribution is 6.00. The Hall–Kier alpha value is -1.90. The first kappa shape index (κ1) is 11.2. The Morgan fingerprint density at radius 3 is 2.94 bits per heavy atom. The molecule has 3 heteroatoms. The van der Waals surface area contributed by atoms with Crippen molar-refractivity contribution in [2.75, 3.05) is 0 Å². The van der Waals surface area contributed by atoms with Crippen LogP contribution in [-0.4, -0.2) is 15.3 Å². The van der Waals surface area contributed by atoms with Crippen LogP contribution in [0.15, 0.2) is 36.8 Å². The van der Waals surface area contributed by atoms with E-state index in [0.717, 1.165) is 30.5 Å². The van der Waals surface area contributed by atoms with E-state index in [-0.39, 0.29) is 11.8 Å². The van der Waals surface area contributed by atoms with Crippen molar-refractivity contribution >= 4 is 5.78 Å². The Kier molecular flexibility index (Phi) is 2.74. The van der Waals surface area contributed by atoms with Crippen molar-refractivity contribution in [2.24, 2.45) is 0 Å². The molecule has 0 aliphatic heterocycles. The number of fused-ring (bicyclic) bond motifs is 1. The summed E-state index contributed by atoms with van der Waals surface area (Å²) in [7, 11) is 0. The van der Waals surface area contributed by atoms with Crippen LogP contribution in [0.2, 0.25) is 0 Å². The summed E-state index contributed by atoms with van der Waals surface area (Å²) in [6.07, 6.45) is 6.66. The highest BCUT2D eigenvalue weighted by Crippen LogP contribution is 2.27. The number of ketones is 1. The number of Topliss-reactive ketones (excluding diaryl/α,β-unsaturated/α-hetero) is 1. The number of rotatable bonds is 1. The molecule has 0 N–H and O–H groups in total. The molecule has 3 nitrogen and oxygen atoms in total. The maximum Gasteiger partial charge on any atom is 0.185 e. The second-order valence-corrected chi connectivity index (χ2v) is 4.89. The van der Waals surface area contributed by atoms with E-state index in [1.807, 2.05) is 35.9 Å². The minimum atomic E-state index is -0.0881. The van der Waals surface area contributed by atoms with Crippen LogP contribution in [0.25, 0.3) is 0 Å². The Labute approximate surface area is 106 Å². The largest absolute Gasteiger partial charge is 0.326 e. The molecule has 0 fully saturated rings. The van der Waals surface area contributed by atoms with Gasteiger partial charge in [0.1, 0.15) is 0 Å². The molecule has 1 heterocycles. The van der Waals surface area contributed by atoms with E-state index in [2.05, 4.69) is 11.1 Å². The predicted octanol–water partition coefficient (Wildman–Crippen LogP) is 2.95. The number of benzene rings is 1. The molecule has 3 rings (SSSR count). The van der Waals surface area contributed by atoms with Gasteiger partial charge in [-0.3, -0.25) is 4.79 Å². The van der Waals surface area contributed by atoms with Crippen molar-refractivity contribution in [3.63, 3.8) is 0 Å². The van der Waals surface area contributed by atoms with Gasteiger partial charge in [-0.05, 0) is 31.7 Å². The number of hydrogen-bond donors (Lipinski definition) is 0. The van der Waals surface area contributed by atoms with E-state index in [4.69, 9.17) is 0 Å². The Balaban J connectivity index is 2.01. The molecule has 0 amide bonds. The van der Waals surface area contributed by atoms with Gasteiger partial charge in [-0.2, -0.15) is 0 Å². The summed E-state index contributed by atoms with van der Waals surface area (Å²) in [6.45, 7) is 1.95. The number of carbonyl (C=O) groups is 1. The number of aryl methyl sites for hydroxylation is 2. The van der Waals surface area contributed by atoms with Crippen molar-refractivity contribution < 1.29 is 4.79 Å². The molecule has 2 aromatic rings. The van der Waals surface area contributed by atoms with Gasteiger partial charge in [0.05, 0.1) is 18.1 Å². The van der Waals surface area contributed by atoms with Crippen LogP contribution in [0.3, 0.4) is 0 Å². The Morgan fingerprint density at radius 1 is 1.33 bits per heavy atom. The molecular formula is C15H16N2O. The minimum Gasteiger partial charge on any atom is -0.326 e. The first-order chi connectivity index (χ1) is 8.75. The molecular weight excluding hydrogens is 224 g/mol. The molecule has 1 aromatic heterocycles. The van der Waals surface area contributed by atoms with Gasteiger partial charge >= 0.3 is 0 Å². The molecule has 1 atom stereocenters. The van der Waals surface area contributed by atoms with E-state index in [9.17, 15) is 4.79 Å². The fourth-order valence-corrected chi connectivity index (χ4v) is 2.67. The second kappa shape index (κ2) is 4.41. The topological polar surface area (TPSA) is 34.9 Å². The smallest absolute Gasteiger partial charge is 0.185 e. The zero-order chi connectivity index (χ0) is 12.5. The molecule has 0 bridgehead atoms. The van der Waals surface area contributed by atoms with Gasteiger partial charge < -0.3 is 4.57 Å². The molecule has 1 aromatic carbocycles. The lowest BCUT2D eigenvalue weighted by molar-refractivity contribution is 0.0921. The Morgan fingerprint density at radius 2 is 2.17 bits per heavy atom. The normalized spacial score (nSPS) is 19.4. The summed E-state index contributed by atoms with van der Waals surface area (Å²) in [6, 6.07) is 7.87. The van der Waals surface area contributed by atoms with Gasteiger partial charge in [0.15, 0.2) is 5.78 Å². The highest BCUT2D eigenvalue weighted by Gasteiger charge is 2.26. The molecule has 92 valence electrons. The molecule has 18 heavy (non-hydrogen) atoms. The van der Waals surface area contributed by atoms with Crippen molar-refractivity contribution in [1.29, 1.82) is 0 Å². The highest BCUT2D eigenvalue weighted by atomic mass is 16.1. The van der Waals surface area contributed by atoms with E-state index in [1.165, 1.54) is 5.56 Å². The zero-order valence-corrected chi connectivity index (χ0v) is 10.5. The molecule has 1 aliphatic rings. The summed E-state index contributed by atoms with van der Waals surface area (Å²) in [5.74, 6) is 0.223. The first-order valence-corrected chi connectivity index (χ1v) is 6.38. The third kappa shape index (κ3) is 1.86. The minimum absolute atomic E-state index is 0.0881. The summed E-state index contributed by atoms with van der Waals surface area (Å²) in [5.41, 5.74) is 3.02. The van der Waals surface area contributed by atoms with E-state index >= 15 is 0 Å². The van der Waals surface area contributed by atoms with Gasteiger partial charge in [-0.15, -0.1) is 0 Å². The van der Waals surface area contributed by atoms with Crippen molar-refractivity contribution in [1.82, 2.24) is 9.55 Å². The zero-order valence-electron chi connectivity index (χ0n) is 10.5. The third-order valence-corrected chi connectivity index (χ3v) is 3.60. The first-order valence-electron chi connectivity index (χ1n) is 6.38. The second-order valence-electron chi connectivity index (χ2n) is 4.89. The molecule has 0 radical (unpaired) electrons. The molecule has 0 spiro atoms. The number of carbonyl (C=O) groups excluding carboxylic acids is 1. The molecule has 1 aliphatic carbocycles. The van der Waals surface area contributed by atoms with E-state index < -0.39 is 0 Å². The summed E-state index contributed by atoms with van der Waals surface area (Å²) < 4.78 is 1.96. The van der Waals surface area contributed by atoms with Crippen molar-refractivity contribution in [3.05, 3.63) is 53.6 Å². The number of aromatic nitrogens is 2. The van der Waals surface area contributed by atoms with Gasteiger partial charge in [0, 0.05) is 11.8 Å². The van der Waals surface area contributed by atoms with Crippen LogP contribution in [0.1, 0.15) is 40.5 Å². The number of imidazole rings is 1.